The van der Waals surface area contributed by atoms with Gasteiger partial charge in [-0.15, -0.1) is 0 Å². The van der Waals surface area contributed by atoms with Gasteiger partial charge in [-0.2, -0.15) is 5.10 Å². The number of hydrogen-bond donors (Lipinski definition) is 1. The van der Waals surface area contributed by atoms with Crippen molar-refractivity contribution in [1.82, 2.24) is 10.3 Å². The average Bonchev–Trinajstić information content (AvgIpc) is 2.28. The number of carbonyl (C=O) groups excluding carboxylic acids is 1. The van der Waals surface area contributed by atoms with Gasteiger partial charge in [-0.3, -0.25) is 4.79 Å². The fourth-order valence-corrected chi connectivity index (χ4v) is 1.35. The molecule has 4 heteroatoms. The van der Waals surface area contributed by atoms with Crippen molar-refractivity contribution in [2.24, 2.45) is 5.10 Å². The molecule has 0 spiro atoms. The van der Waals surface area contributed by atoms with Gasteiger partial charge in [0.1, 0.15) is 5.71 Å². The van der Waals surface area contributed by atoms with Crippen LogP contribution in [0.5, 0.6) is 0 Å². The lowest BCUT2D eigenvalue weighted by Crippen LogP contribution is -2.29. The maximum atomic E-state index is 12.1. The van der Waals surface area contributed by atoms with Crippen LogP contribution in [-0.2, 0) is 0 Å². The lowest BCUT2D eigenvalue weighted by molar-refractivity contribution is 0.106. The van der Waals surface area contributed by atoms with Crippen molar-refractivity contribution in [3.63, 3.8) is 0 Å². The predicted octanol–water partition coefficient (Wildman–Crippen LogP) is 1.01. The summed E-state index contributed by atoms with van der Waals surface area (Å²) in [5.74, 6) is -0.0383. The van der Waals surface area contributed by atoms with Crippen molar-refractivity contribution in [3.05, 3.63) is 35.9 Å². The second kappa shape index (κ2) is 6.02. The molecule has 1 N–H and O–H groups in total. The zero-order chi connectivity index (χ0) is 12.0. The third-order valence-electron chi connectivity index (χ3n) is 2.01. The number of nitrogens with one attached hydrogen (secondary N) is 1. The Morgan fingerprint density at radius 3 is 2.44 bits per heavy atom. The molecule has 0 fully saturated rings. The molecule has 0 saturated carbocycles. The molecule has 1 aromatic rings. The van der Waals surface area contributed by atoms with Crippen molar-refractivity contribution >= 4 is 11.5 Å². The van der Waals surface area contributed by atoms with Crippen molar-refractivity contribution in [1.29, 1.82) is 0 Å². The molecular weight excluding hydrogens is 202 g/mol. The number of hydrogen-bond acceptors (Lipinski definition) is 4. The van der Waals surface area contributed by atoms with Gasteiger partial charge in [0, 0.05) is 19.2 Å². The first-order valence-corrected chi connectivity index (χ1v) is 5.13. The minimum Gasteiger partial charge on any atom is -0.313 e. The van der Waals surface area contributed by atoms with Crippen molar-refractivity contribution < 1.29 is 4.79 Å². The number of hydrazone groups is 1. The summed E-state index contributed by atoms with van der Waals surface area (Å²) >= 11 is 0. The summed E-state index contributed by atoms with van der Waals surface area (Å²) in [6, 6.07) is 9.17. The first kappa shape index (κ1) is 12.4. The highest BCUT2D eigenvalue weighted by Crippen LogP contribution is 2.02. The molecule has 1 rings (SSSR count). The smallest absolute Gasteiger partial charge is 0.210 e. The summed E-state index contributed by atoms with van der Waals surface area (Å²) in [6.45, 7) is 0.522. The van der Waals surface area contributed by atoms with E-state index in [1.807, 2.05) is 37.2 Å². The first-order valence-electron chi connectivity index (χ1n) is 5.13. The summed E-state index contributed by atoms with van der Waals surface area (Å²) in [7, 11) is 5.50. The monoisotopic (exact) mass is 219 g/mol. The fraction of sp³-hybridized carbons (Fsp3) is 0.333. The molecule has 0 aliphatic rings. The van der Waals surface area contributed by atoms with Crippen LogP contribution in [-0.4, -0.2) is 44.1 Å². The van der Waals surface area contributed by atoms with E-state index < -0.39 is 0 Å². The Bertz CT molecular complexity index is 371. The Kier molecular flexibility index (Phi) is 4.66. The zero-order valence-electron chi connectivity index (χ0n) is 9.90. The van der Waals surface area contributed by atoms with E-state index in [2.05, 4.69) is 10.5 Å². The van der Waals surface area contributed by atoms with Crippen LogP contribution in [0, 0.1) is 0 Å². The molecule has 0 saturated heterocycles. The van der Waals surface area contributed by atoms with Crippen LogP contribution in [0.2, 0.25) is 0 Å². The molecule has 0 bridgehead atoms. The molecule has 1 aromatic carbocycles. The van der Waals surface area contributed by atoms with E-state index in [0.717, 1.165) is 0 Å². The number of rotatable bonds is 5. The van der Waals surface area contributed by atoms with E-state index in [0.29, 0.717) is 17.8 Å². The highest BCUT2D eigenvalue weighted by Gasteiger charge is 2.14. The van der Waals surface area contributed by atoms with Gasteiger partial charge < -0.3 is 10.3 Å². The van der Waals surface area contributed by atoms with E-state index in [1.54, 1.807) is 19.2 Å². The lowest BCUT2D eigenvalue weighted by Gasteiger charge is -2.11. The van der Waals surface area contributed by atoms with Crippen LogP contribution in [0.4, 0.5) is 0 Å². The van der Waals surface area contributed by atoms with Crippen LogP contribution in [0.15, 0.2) is 35.4 Å². The Morgan fingerprint density at radius 2 is 1.94 bits per heavy atom. The third-order valence-corrected chi connectivity index (χ3v) is 2.01. The molecule has 0 aliphatic carbocycles. The average molecular weight is 219 g/mol. The van der Waals surface area contributed by atoms with Gasteiger partial charge in [-0.1, -0.05) is 30.3 Å². The van der Waals surface area contributed by atoms with Crippen LogP contribution in [0.25, 0.3) is 0 Å². The molecule has 0 aliphatic heterocycles. The number of ketones is 1. The largest absolute Gasteiger partial charge is 0.313 e. The van der Waals surface area contributed by atoms with Crippen LogP contribution < -0.4 is 5.43 Å². The van der Waals surface area contributed by atoms with Gasteiger partial charge in [0.2, 0.25) is 5.78 Å². The second-order valence-electron chi connectivity index (χ2n) is 3.72. The SMILES string of the molecule is CN/N=C(/CN(C)C)C(=O)c1ccccc1. The van der Waals surface area contributed by atoms with Gasteiger partial charge in [-0.05, 0) is 14.1 Å². The van der Waals surface area contributed by atoms with Gasteiger partial charge in [0.05, 0.1) is 0 Å². The van der Waals surface area contributed by atoms with E-state index in [4.69, 9.17) is 0 Å². The fourth-order valence-electron chi connectivity index (χ4n) is 1.35. The van der Waals surface area contributed by atoms with Gasteiger partial charge in [0.25, 0.3) is 0 Å². The molecule has 0 unspecified atom stereocenters. The minimum atomic E-state index is -0.0383. The van der Waals surface area contributed by atoms with Crippen LogP contribution in [0.3, 0.4) is 0 Å². The topological polar surface area (TPSA) is 44.7 Å². The molecule has 0 atom stereocenters. The molecule has 0 amide bonds. The molecule has 0 radical (unpaired) electrons. The normalized spacial score (nSPS) is 11.6. The van der Waals surface area contributed by atoms with Crippen molar-refractivity contribution in [3.8, 4) is 0 Å². The molecule has 86 valence electrons. The van der Waals surface area contributed by atoms with Gasteiger partial charge in [-0.25, -0.2) is 0 Å². The summed E-state index contributed by atoms with van der Waals surface area (Å²) in [5.41, 5.74) is 3.84. The van der Waals surface area contributed by atoms with Gasteiger partial charge in [0.15, 0.2) is 0 Å². The second-order valence-corrected chi connectivity index (χ2v) is 3.72. The molecule has 4 nitrogen and oxygen atoms in total. The Balaban J connectivity index is 2.88. The van der Waals surface area contributed by atoms with Crippen molar-refractivity contribution in [2.75, 3.05) is 27.7 Å². The molecule has 0 aromatic heterocycles. The Hall–Kier alpha value is -1.68. The van der Waals surface area contributed by atoms with Crippen LogP contribution in [0.1, 0.15) is 10.4 Å². The molecule has 16 heavy (non-hydrogen) atoms. The summed E-state index contributed by atoms with van der Waals surface area (Å²) in [4.78, 5) is 14.0. The molecule has 0 heterocycles. The standard InChI is InChI=1S/C12H17N3O/c1-13-14-11(9-15(2)3)12(16)10-7-5-4-6-8-10/h4-8,13H,9H2,1-3H3/b14-11-. The van der Waals surface area contributed by atoms with E-state index in [-0.39, 0.29) is 5.78 Å². The summed E-state index contributed by atoms with van der Waals surface area (Å²) in [5, 5.41) is 4.02. The predicted molar refractivity (Wildman–Crippen MR) is 65.8 cm³/mol. The van der Waals surface area contributed by atoms with Crippen molar-refractivity contribution in [2.45, 2.75) is 0 Å². The highest BCUT2D eigenvalue weighted by molar-refractivity contribution is 6.46. The zero-order valence-corrected chi connectivity index (χ0v) is 9.90. The molecular formula is C12H17N3O. The maximum Gasteiger partial charge on any atom is 0.210 e. The lowest BCUT2D eigenvalue weighted by atomic mass is 10.1. The third kappa shape index (κ3) is 3.47. The van der Waals surface area contributed by atoms with Gasteiger partial charge >= 0.3 is 0 Å². The van der Waals surface area contributed by atoms with Crippen LogP contribution >= 0.6 is 0 Å². The van der Waals surface area contributed by atoms with E-state index in [9.17, 15) is 4.79 Å². The quantitative estimate of drug-likeness (QED) is 0.456. The highest BCUT2D eigenvalue weighted by atomic mass is 16.1. The number of Topliss-reactive ketones (excluding diaryl/α,β-unsaturated/α-hetero) is 1. The number of carbonyl (C=O) groups is 1. The Morgan fingerprint density at radius 1 is 1.31 bits per heavy atom. The Labute approximate surface area is 96.0 Å². The number of nitrogens with zero attached hydrogens (tertiary/aromatic N) is 2. The van der Waals surface area contributed by atoms with E-state index in [1.165, 1.54) is 0 Å². The number of benzene rings is 1. The summed E-state index contributed by atoms with van der Waals surface area (Å²) in [6.07, 6.45) is 0. The van der Waals surface area contributed by atoms with E-state index >= 15 is 0 Å². The summed E-state index contributed by atoms with van der Waals surface area (Å²) < 4.78 is 0. The minimum absolute atomic E-state index is 0.0383. The maximum absolute atomic E-state index is 12.1. The first-order chi connectivity index (χ1) is 7.65.